The number of aromatic nitrogens is 2. The molecule has 0 amide bonds. The van der Waals surface area contributed by atoms with E-state index in [2.05, 4.69) is 24.7 Å². The monoisotopic (exact) mass is 267 g/mol. The number of likely N-dealkylation sites (tertiary alicyclic amines) is 2. The Kier molecular flexibility index (Phi) is 3.77. The van der Waals surface area contributed by atoms with E-state index in [1.165, 1.54) is 57.0 Å². The van der Waals surface area contributed by atoms with Gasteiger partial charge in [-0.05, 0) is 32.4 Å². The number of nitrogens with zero attached hydrogens (tertiary/aromatic N) is 4. The lowest BCUT2D eigenvalue weighted by Crippen LogP contribution is -2.35. The van der Waals surface area contributed by atoms with Gasteiger partial charge >= 0.3 is 0 Å². The molecule has 3 heterocycles. The molecule has 5 nitrogen and oxygen atoms in total. The lowest BCUT2D eigenvalue weighted by atomic mass is 10.2. The van der Waals surface area contributed by atoms with Crippen LogP contribution in [0.5, 0.6) is 0 Å². The van der Waals surface area contributed by atoms with Crippen molar-refractivity contribution in [3.63, 3.8) is 0 Å². The lowest BCUT2D eigenvalue weighted by molar-refractivity contribution is 0.229. The van der Waals surface area contributed by atoms with Gasteiger partial charge < -0.3 is 5.32 Å². The Balaban J connectivity index is 1.55. The molecule has 1 atom stereocenters. The third kappa shape index (κ3) is 2.50. The first kappa shape index (κ1) is 12.3. The Labute approximate surface area is 112 Å². The maximum atomic E-state index is 4.22. The van der Waals surface area contributed by atoms with Gasteiger partial charge in [0.1, 0.15) is 10.7 Å². The second-order valence-corrected chi connectivity index (χ2v) is 5.97. The standard InChI is InChI=1S/C12H21N5S/c1-13-12-11(14-15-18-12)9-16-7-4-10(8-16)17-5-2-3-6-17/h10,13H,2-9H2,1H3. The average Bonchev–Trinajstić information content (AvgIpc) is 3.10. The molecule has 6 heteroatoms. The molecule has 2 saturated heterocycles. The van der Waals surface area contributed by atoms with E-state index in [1.54, 1.807) is 0 Å². The van der Waals surface area contributed by atoms with E-state index < -0.39 is 0 Å². The molecular weight excluding hydrogens is 246 g/mol. The molecule has 18 heavy (non-hydrogen) atoms. The summed E-state index contributed by atoms with van der Waals surface area (Å²) in [5, 5.41) is 8.51. The van der Waals surface area contributed by atoms with Crippen LogP contribution in [0.4, 0.5) is 5.00 Å². The van der Waals surface area contributed by atoms with Crippen molar-refractivity contribution in [2.75, 3.05) is 38.5 Å². The Morgan fingerprint density at radius 1 is 1.33 bits per heavy atom. The number of rotatable bonds is 4. The van der Waals surface area contributed by atoms with Gasteiger partial charge in [0.25, 0.3) is 0 Å². The highest BCUT2D eigenvalue weighted by molar-refractivity contribution is 7.10. The van der Waals surface area contributed by atoms with Gasteiger partial charge in [-0.25, -0.2) is 0 Å². The molecule has 2 aliphatic rings. The summed E-state index contributed by atoms with van der Waals surface area (Å²) in [5.74, 6) is 0. The molecule has 0 radical (unpaired) electrons. The van der Waals surface area contributed by atoms with Gasteiger partial charge in [-0.1, -0.05) is 4.49 Å². The van der Waals surface area contributed by atoms with Gasteiger partial charge in [0.15, 0.2) is 0 Å². The van der Waals surface area contributed by atoms with Gasteiger partial charge in [-0.15, -0.1) is 5.10 Å². The zero-order chi connectivity index (χ0) is 12.4. The molecule has 0 bridgehead atoms. The summed E-state index contributed by atoms with van der Waals surface area (Å²) < 4.78 is 4.02. The first-order chi connectivity index (χ1) is 8.86. The SMILES string of the molecule is CNc1snnc1CN1CCC(N2CCCC2)C1. The second-order valence-electron chi connectivity index (χ2n) is 5.22. The first-order valence-corrected chi connectivity index (χ1v) is 7.59. The largest absolute Gasteiger partial charge is 0.377 e. The van der Waals surface area contributed by atoms with Crippen molar-refractivity contribution in [3.05, 3.63) is 5.69 Å². The third-order valence-corrected chi connectivity index (χ3v) is 4.85. The fourth-order valence-electron chi connectivity index (χ4n) is 3.07. The molecule has 0 spiro atoms. The van der Waals surface area contributed by atoms with Crippen LogP contribution in [0.3, 0.4) is 0 Å². The van der Waals surface area contributed by atoms with E-state index in [1.807, 2.05) is 7.05 Å². The highest BCUT2D eigenvalue weighted by atomic mass is 32.1. The Morgan fingerprint density at radius 3 is 2.94 bits per heavy atom. The normalized spacial score (nSPS) is 25.9. The summed E-state index contributed by atoms with van der Waals surface area (Å²) in [5.41, 5.74) is 1.10. The van der Waals surface area contributed by atoms with Crippen LogP contribution in [0.2, 0.25) is 0 Å². The number of anilines is 1. The Morgan fingerprint density at radius 2 is 2.17 bits per heavy atom. The molecule has 0 aliphatic carbocycles. The maximum Gasteiger partial charge on any atom is 0.134 e. The Hall–Kier alpha value is -0.720. The van der Waals surface area contributed by atoms with E-state index in [4.69, 9.17) is 0 Å². The summed E-state index contributed by atoms with van der Waals surface area (Å²) in [4.78, 5) is 5.18. The fraction of sp³-hybridized carbons (Fsp3) is 0.833. The topological polar surface area (TPSA) is 44.3 Å². The summed E-state index contributed by atoms with van der Waals surface area (Å²) in [6, 6.07) is 0.775. The molecule has 2 aliphatic heterocycles. The van der Waals surface area contributed by atoms with Crippen molar-refractivity contribution in [2.24, 2.45) is 0 Å². The van der Waals surface area contributed by atoms with Gasteiger partial charge in [-0.2, -0.15) is 0 Å². The van der Waals surface area contributed by atoms with Gasteiger partial charge in [-0.3, -0.25) is 9.80 Å². The molecule has 1 N–H and O–H groups in total. The van der Waals surface area contributed by atoms with Crippen molar-refractivity contribution >= 4 is 16.5 Å². The molecule has 100 valence electrons. The van der Waals surface area contributed by atoms with Crippen LogP contribution in [0, 0.1) is 0 Å². The molecule has 0 aromatic carbocycles. The summed E-state index contributed by atoms with van der Waals surface area (Å²) >= 11 is 1.45. The minimum Gasteiger partial charge on any atom is -0.377 e. The fourth-order valence-corrected chi connectivity index (χ4v) is 3.60. The van der Waals surface area contributed by atoms with Crippen molar-refractivity contribution in [2.45, 2.75) is 31.8 Å². The van der Waals surface area contributed by atoms with Gasteiger partial charge in [0.2, 0.25) is 0 Å². The van der Waals surface area contributed by atoms with Crippen LogP contribution in [0.15, 0.2) is 0 Å². The van der Waals surface area contributed by atoms with Crippen LogP contribution in [0.1, 0.15) is 25.0 Å². The van der Waals surface area contributed by atoms with E-state index in [0.717, 1.165) is 23.3 Å². The van der Waals surface area contributed by atoms with Gasteiger partial charge in [0.05, 0.1) is 0 Å². The minimum atomic E-state index is 0.775. The molecule has 1 aromatic heterocycles. The van der Waals surface area contributed by atoms with Crippen molar-refractivity contribution < 1.29 is 0 Å². The van der Waals surface area contributed by atoms with Crippen LogP contribution in [-0.4, -0.2) is 58.7 Å². The summed E-state index contributed by atoms with van der Waals surface area (Å²) in [7, 11) is 1.94. The molecule has 3 rings (SSSR count). The van der Waals surface area contributed by atoms with E-state index >= 15 is 0 Å². The molecule has 2 fully saturated rings. The average molecular weight is 267 g/mol. The van der Waals surface area contributed by atoms with Crippen LogP contribution < -0.4 is 5.32 Å². The van der Waals surface area contributed by atoms with E-state index in [-0.39, 0.29) is 0 Å². The van der Waals surface area contributed by atoms with Crippen molar-refractivity contribution in [1.82, 2.24) is 19.4 Å². The van der Waals surface area contributed by atoms with Crippen LogP contribution >= 0.6 is 11.5 Å². The zero-order valence-corrected chi connectivity index (χ0v) is 11.7. The molecule has 1 aromatic rings. The zero-order valence-electron chi connectivity index (χ0n) is 10.9. The molecule has 1 unspecified atom stereocenters. The number of hydrogen-bond acceptors (Lipinski definition) is 6. The quantitative estimate of drug-likeness (QED) is 0.889. The van der Waals surface area contributed by atoms with Gasteiger partial charge in [0, 0.05) is 44.3 Å². The lowest BCUT2D eigenvalue weighted by Gasteiger charge is -2.23. The molecule has 0 saturated carbocycles. The molecular formula is C12H21N5S. The van der Waals surface area contributed by atoms with E-state index in [0.29, 0.717) is 0 Å². The number of hydrogen-bond donors (Lipinski definition) is 1. The minimum absolute atomic E-state index is 0.775. The summed E-state index contributed by atoms with van der Waals surface area (Å²) in [6.07, 6.45) is 4.08. The summed E-state index contributed by atoms with van der Waals surface area (Å²) in [6.45, 7) is 5.94. The first-order valence-electron chi connectivity index (χ1n) is 6.82. The smallest absolute Gasteiger partial charge is 0.134 e. The Bertz CT molecular complexity index is 388. The van der Waals surface area contributed by atoms with E-state index in [9.17, 15) is 0 Å². The predicted molar refractivity (Wildman–Crippen MR) is 73.9 cm³/mol. The highest BCUT2D eigenvalue weighted by Crippen LogP contribution is 2.24. The highest BCUT2D eigenvalue weighted by Gasteiger charge is 2.29. The van der Waals surface area contributed by atoms with Crippen molar-refractivity contribution in [1.29, 1.82) is 0 Å². The number of nitrogens with one attached hydrogen (secondary N) is 1. The predicted octanol–water partition coefficient (Wildman–Crippen LogP) is 1.25. The maximum absolute atomic E-state index is 4.22. The third-order valence-electron chi connectivity index (χ3n) is 4.06. The second kappa shape index (κ2) is 5.50. The van der Waals surface area contributed by atoms with Crippen molar-refractivity contribution in [3.8, 4) is 0 Å². The van der Waals surface area contributed by atoms with Crippen LogP contribution in [0.25, 0.3) is 0 Å². The van der Waals surface area contributed by atoms with Crippen LogP contribution in [-0.2, 0) is 6.54 Å².